The SMILES string of the molecule is O=[N+]([O-])c1ccc2c(c1)C[C@@H]1CCCC[C@@H]1N2Cc1ccccc1. The number of benzene rings is 2. The van der Waals surface area contributed by atoms with Gasteiger partial charge in [0.25, 0.3) is 5.69 Å². The molecule has 1 aliphatic carbocycles. The first-order valence-electron chi connectivity index (χ1n) is 8.80. The zero-order chi connectivity index (χ0) is 16.5. The van der Waals surface area contributed by atoms with E-state index in [9.17, 15) is 10.1 Å². The van der Waals surface area contributed by atoms with Gasteiger partial charge in [0.05, 0.1) is 4.92 Å². The first-order chi connectivity index (χ1) is 11.7. The summed E-state index contributed by atoms with van der Waals surface area (Å²) in [6.07, 6.45) is 6.01. The summed E-state index contributed by atoms with van der Waals surface area (Å²) in [5.74, 6) is 0.622. The number of hydrogen-bond donors (Lipinski definition) is 0. The molecule has 0 spiro atoms. The summed E-state index contributed by atoms with van der Waals surface area (Å²) >= 11 is 0. The highest BCUT2D eigenvalue weighted by Gasteiger charge is 2.36. The summed E-state index contributed by atoms with van der Waals surface area (Å²) in [6, 6.07) is 16.5. The Kier molecular flexibility index (Phi) is 3.97. The first-order valence-corrected chi connectivity index (χ1v) is 8.80. The molecule has 0 unspecified atom stereocenters. The lowest BCUT2D eigenvalue weighted by Crippen LogP contribution is -2.46. The Morgan fingerprint density at radius 2 is 1.88 bits per heavy atom. The number of hydrogen-bond acceptors (Lipinski definition) is 3. The second-order valence-electron chi connectivity index (χ2n) is 7.00. The van der Waals surface area contributed by atoms with Crippen LogP contribution in [-0.2, 0) is 13.0 Å². The fourth-order valence-corrected chi connectivity index (χ4v) is 4.41. The molecule has 1 saturated carbocycles. The molecule has 1 heterocycles. The Hall–Kier alpha value is -2.36. The van der Waals surface area contributed by atoms with Crippen LogP contribution in [0.1, 0.15) is 36.8 Å². The molecule has 24 heavy (non-hydrogen) atoms. The average molecular weight is 322 g/mol. The van der Waals surface area contributed by atoms with Crippen LogP contribution in [0.15, 0.2) is 48.5 Å². The van der Waals surface area contributed by atoms with E-state index in [4.69, 9.17) is 0 Å². The first kappa shape index (κ1) is 15.2. The van der Waals surface area contributed by atoms with Crippen molar-refractivity contribution >= 4 is 11.4 Å². The van der Waals surface area contributed by atoms with Crippen molar-refractivity contribution in [1.29, 1.82) is 0 Å². The molecule has 0 amide bonds. The lowest BCUT2D eigenvalue weighted by atomic mass is 9.76. The molecule has 2 aliphatic rings. The van der Waals surface area contributed by atoms with Crippen molar-refractivity contribution < 1.29 is 4.92 Å². The highest BCUT2D eigenvalue weighted by atomic mass is 16.6. The number of rotatable bonds is 3. The Morgan fingerprint density at radius 3 is 2.67 bits per heavy atom. The van der Waals surface area contributed by atoms with Gasteiger partial charge < -0.3 is 4.90 Å². The fraction of sp³-hybridized carbons (Fsp3) is 0.400. The van der Waals surface area contributed by atoms with Crippen LogP contribution in [-0.4, -0.2) is 11.0 Å². The van der Waals surface area contributed by atoms with E-state index >= 15 is 0 Å². The second-order valence-corrected chi connectivity index (χ2v) is 7.00. The van der Waals surface area contributed by atoms with Crippen LogP contribution in [0.5, 0.6) is 0 Å². The number of non-ortho nitro benzene ring substituents is 1. The third kappa shape index (κ3) is 2.77. The van der Waals surface area contributed by atoms with Gasteiger partial charge in [0.2, 0.25) is 0 Å². The monoisotopic (exact) mass is 322 g/mol. The van der Waals surface area contributed by atoms with Gasteiger partial charge in [0.15, 0.2) is 0 Å². The van der Waals surface area contributed by atoms with Gasteiger partial charge in [-0.3, -0.25) is 10.1 Å². The molecule has 0 aromatic heterocycles. The van der Waals surface area contributed by atoms with Crippen LogP contribution in [0, 0.1) is 16.0 Å². The lowest BCUT2D eigenvalue weighted by Gasteiger charge is -2.46. The molecular weight excluding hydrogens is 300 g/mol. The van der Waals surface area contributed by atoms with Gasteiger partial charge >= 0.3 is 0 Å². The van der Waals surface area contributed by atoms with Gasteiger partial charge in [-0.15, -0.1) is 0 Å². The minimum absolute atomic E-state index is 0.211. The average Bonchev–Trinajstić information content (AvgIpc) is 2.62. The summed E-state index contributed by atoms with van der Waals surface area (Å²) in [5, 5.41) is 11.1. The molecule has 4 rings (SSSR count). The highest BCUT2D eigenvalue weighted by molar-refractivity contribution is 5.61. The van der Waals surface area contributed by atoms with Crippen molar-refractivity contribution in [3.63, 3.8) is 0 Å². The zero-order valence-electron chi connectivity index (χ0n) is 13.7. The molecule has 2 aromatic rings. The van der Waals surface area contributed by atoms with E-state index in [-0.39, 0.29) is 10.6 Å². The van der Waals surface area contributed by atoms with Gasteiger partial charge in [-0.05, 0) is 42.4 Å². The van der Waals surface area contributed by atoms with Crippen molar-refractivity contribution in [3.05, 3.63) is 69.8 Å². The van der Waals surface area contributed by atoms with Crippen molar-refractivity contribution in [3.8, 4) is 0 Å². The number of fused-ring (bicyclic) bond motifs is 2. The Balaban J connectivity index is 1.73. The summed E-state index contributed by atoms with van der Waals surface area (Å²) in [4.78, 5) is 13.4. The van der Waals surface area contributed by atoms with E-state index in [0.717, 1.165) is 18.5 Å². The molecule has 4 heteroatoms. The quantitative estimate of drug-likeness (QED) is 0.607. The van der Waals surface area contributed by atoms with Gasteiger partial charge in [-0.2, -0.15) is 0 Å². The van der Waals surface area contributed by atoms with Crippen molar-refractivity contribution in [1.82, 2.24) is 0 Å². The molecule has 2 aromatic carbocycles. The molecule has 0 radical (unpaired) electrons. The Bertz CT molecular complexity index is 745. The minimum Gasteiger partial charge on any atom is -0.364 e. The van der Waals surface area contributed by atoms with Crippen molar-refractivity contribution in [2.75, 3.05) is 4.90 Å². The van der Waals surface area contributed by atoms with E-state index in [1.165, 1.54) is 36.9 Å². The van der Waals surface area contributed by atoms with Crippen LogP contribution in [0.25, 0.3) is 0 Å². The molecule has 1 aliphatic heterocycles. The smallest absolute Gasteiger partial charge is 0.269 e. The number of nitro benzene ring substituents is 1. The number of anilines is 1. The molecule has 4 nitrogen and oxygen atoms in total. The van der Waals surface area contributed by atoms with Crippen LogP contribution < -0.4 is 4.90 Å². The largest absolute Gasteiger partial charge is 0.364 e. The van der Waals surface area contributed by atoms with Crippen LogP contribution in [0.4, 0.5) is 11.4 Å². The van der Waals surface area contributed by atoms with Crippen LogP contribution in [0.3, 0.4) is 0 Å². The normalized spacial score (nSPS) is 22.6. The van der Waals surface area contributed by atoms with Gasteiger partial charge in [-0.1, -0.05) is 43.2 Å². The van der Waals surface area contributed by atoms with Crippen LogP contribution >= 0.6 is 0 Å². The fourth-order valence-electron chi connectivity index (χ4n) is 4.41. The number of nitrogens with zero attached hydrogens (tertiary/aromatic N) is 2. The van der Waals surface area contributed by atoms with Gasteiger partial charge in [0, 0.05) is 30.4 Å². The lowest BCUT2D eigenvalue weighted by molar-refractivity contribution is -0.384. The van der Waals surface area contributed by atoms with E-state index in [1.54, 1.807) is 12.1 Å². The standard InChI is InChI=1S/C20H22N2O2/c23-22(24)18-10-11-20-17(13-18)12-16-8-4-5-9-19(16)21(20)14-15-6-2-1-3-7-15/h1-3,6-7,10-11,13,16,19H,4-5,8-9,12,14H2/t16-,19-/m0/s1. The molecule has 0 bridgehead atoms. The van der Waals surface area contributed by atoms with Crippen LogP contribution in [0.2, 0.25) is 0 Å². The Labute approximate surface area is 142 Å². The van der Waals surface area contributed by atoms with Gasteiger partial charge in [-0.25, -0.2) is 0 Å². The maximum atomic E-state index is 11.1. The summed E-state index contributed by atoms with van der Waals surface area (Å²) < 4.78 is 0. The second kappa shape index (κ2) is 6.27. The predicted molar refractivity (Wildman–Crippen MR) is 95.2 cm³/mol. The van der Waals surface area contributed by atoms with E-state index in [0.29, 0.717) is 12.0 Å². The molecule has 1 fully saturated rings. The summed E-state index contributed by atoms with van der Waals surface area (Å²) in [7, 11) is 0. The minimum atomic E-state index is -0.283. The topological polar surface area (TPSA) is 46.4 Å². The van der Waals surface area contributed by atoms with Crippen molar-refractivity contribution in [2.24, 2.45) is 5.92 Å². The maximum Gasteiger partial charge on any atom is 0.269 e. The molecular formula is C20H22N2O2. The number of nitro groups is 1. The zero-order valence-corrected chi connectivity index (χ0v) is 13.7. The Morgan fingerprint density at radius 1 is 1.08 bits per heavy atom. The van der Waals surface area contributed by atoms with Crippen molar-refractivity contribution in [2.45, 2.75) is 44.7 Å². The van der Waals surface area contributed by atoms with E-state index < -0.39 is 0 Å². The molecule has 0 saturated heterocycles. The van der Waals surface area contributed by atoms with E-state index in [1.807, 2.05) is 12.1 Å². The maximum absolute atomic E-state index is 11.1. The molecule has 0 N–H and O–H groups in total. The summed E-state index contributed by atoms with van der Waals surface area (Å²) in [5.41, 5.74) is 3.84. The molecule has 2 atom stereocenters. The predicted octanol–water partition coefficient (Wildman–Crippen LogP) is 4.72. The third-order valence-corrected chi connectivity index (χ3v) is 5.53. The van der Waals surface area contributed by atoms with Gasteiger partial charge in [0.1, 0.15) is 0 Å². The van der Waals surface area contributed by atoms with E-state index in [2.05, 4.69) is 29.2 Å². The highest BCUT2D eigenvalue weighted by Crippen LogP contribution is 2.42. The summed E-state index contributed by atoms with van der Waals surface area (Å²) in [6.45, 7) is 0.882. The molecule has 124 valence electrons. The third-order valence-electron chi connectivity index (χ3n) is 5.53.